The van der Waals surface area contributed by atoms with Gasteiger partial charge in [-0.1, -0.05) is 0 Å². The molecule has 0 saturated heterocycles. The van der Waals surface area contributed by atoms with Crippen molar-refractivity contribution in [1.82, 2.24) is 0 Å². The number of carboxylic acids is 1. The predicted molar refractivity (Wildman–Crippen MR) is 40.1 cm³/mol. The van der Waals surface area contributed by atoms with Gasteiger partial charge in [-0.05, 0) is 0 Å². The minimum Gasteiger partial charge on any atom is -0.804 e. The average molecular weight is 177 g/mol. The van der Waals surface area contributed by atoms with Gasteiger partial charge < -0.3 is 19.8 Å². The number of carboxylic acid groups (broad SMARTS) is 1. The highest BCUT2D eigenvalue weighted by Crippen LogP contribution is 2.04. The molecule has 0 heterocycles. The van der Waals surface area contributed by atoms with Crippen molar-refractivity contribution in [3.8, 4) is 0 Å². The Morgan fingerprint density at radius 3 is 2.17 bits per heavy atom. The molecule has 0 spiro atoms. The molecule has 0 aliphatic carbocycles. The Hall–Kier alpha value is -0.650. The smallest absolute Gasteiger partial charge is 0.306 e. The number of likely N-dealkylation sites (N-methyl/N-ethyl adjacent to an activating group) is 1. The second-order valence-corrected chi connectivity index (χ2v) is 3.67. The number of nitrogens with zero attached hydrogens (tertiary/aromatic N) is 1. The monoisotopic (exact) mass is 177 g/mol. The lowest BCUT2D eigenvalue weighted by Crippen LogP contribution is -2.59. The van der Waals surface area contributed by atoms with Crippen molar-refractivity contribution in [3.05, 3.63) is 0 Å². The number of aliphatic carboxylic acids is 1. The minimum atomic E-state index is -1.33. The molecule has 2 unspecified atom stereocenters. The van der Waals surface area contributed by atoms with Crippen LogP contribution in [0.15, 0.2) is 0 Å². The predicted octanol–water partition coefficient (Wildman–Crippen LogP) is -1.79. The van der Waals surface area contributed by atoms with E-state index >= 15 is 0 Å². The quantitative estimate of drug-likeness (QED) is 0.393. The zero-order chi connectivity index (χ0) is 9.94. The molecule has 0 aliphatic heterocycles. The lowest BCUT2D eigenvalue weighted by molar-refractivity contribution is -0.973. The molecule has 0 fully saturated rings. The average Bonchev–Trinajstić information content (AvgIpc) is 1.82. The molecular formula is C7H15NO4. The van der Waals surface area contributed by atoms with E-state index in [1.165, 1.54) is 0 Å². The van der Waals surface area contributed by atoms with Crippen molar-refractivity contribution in [1.29, 1.82) is 0 Å². The van der Waals surface area contributed by atoms with Gasteiger partial charge in [0, 0.05) is 6.23 Å². The summed E-state index contributed by atoms with van der Waals surface area (Å²) >= 11 is 0. The Balaban J connectivity index is 4.10. The molecule has 5 nitrogen and oxygen atoms in total. The third-order valence-electron chi connectivity index (χ3n) is 1.48. The Morgan fingerprint density at radius 2 is 1.92 bits per heavy atom. The number of rotatable bonds is 4. The zero-order valence-corrected chi connectivity index (χ0v) is 7.52. The highest BCUT2D eigenvalue weighted by Gasteiger charge is 2.23. The van der Waals surface area contributed by atoms with Gasteiger partial charge >= 0.3 is 5.97 Å². The number of aliphatic hydroxyl groups excluding tert-OH is 1. The maximum atomic E-state index is 11.2. The van der Waals surface area contributed by atoms with Crippen molar-refractivity contribution < 1.29 is 24.6 Å². The van der Waals surface area contributed by atoms with Gasteiger partial charge in [0.2, 0.25) is 0 Å². The first-order valence-corrected chi connectivity index (χ1v) is 3.62. The largest absolute Gasteiger partial charge is 0.804 e. The first-order valence-electron chi connectivity index (χ1n) is 3.62. The summed E-state index contributed by atoms with van der Waals surface area (Å²) in [7, 11) is 4.84. The van der Waals surface area contributed by atoms with Crippen molar-refractivity contribution in [3.63, 3.8) is 0 Å². The fourth-order valence-electron chi connectivity index (χ4n) is 0.796. The Morgan fingerprint density at radius 1 is 1.50 bits per heavy atom. The summed E-state index contributed by atoms with van der Waals surface area (Å²) in [4.78, 5) is 10.1. The number of quaternary nitrogens is 1. The molecule has 0 aromatic rings. The van der Waals surface area contributed by atoms with E-state index < -0.39 is 24.7 Å². The van der Waals surface area contributed by atoms with Gasteiger partial charge in [-0.3, -0.25) is 4.79 Å². The van der Waals surface area contributed by atoms with E-state index in [9.17, 15) is 9.90 Å². The van der Waals surface area contributed by atoms with E-state index in [1.54, 1.807) is 21.1 Å². The van der Waals surface area contributed by atoms with Crippen LogP contribution >= 0.6 is 0 Å². The Kier molecular flexibility index (Phi) is 3.63. The normalized spacial score (nSPS) is 17.1. The standard InChI is InChI=1S/C7H15NO4/c1-8(2,3)7(12)5(9)4-6(10)11/h5,7,9H,4H2,1-3H3,(H,10,11). The Labute approximate surface area is 71.4 Å². The van der Waals surface area contributed by atoms with Crippen molar-refractivity contribution >= 4 is 5.97 Å². The molecule has 0 aromatic carbocycles. The van der Waals surface area contributed by atoms with E-state index in [4.69, 9.17) is 10.2 Å². The lowest BCUT2D eigenvalue weighted by Gasteiger charge is -2.41. The summed E-state index contributed by atoms with van der Waals surface area (Å²) in [6, 6.07) is 0. The minimum absolute atomic E-state index is 0.00838. The van der Waals surface area contributed by atoms with E-state index in [1.807, 2.05) is 0 Å². The molecule has 5 heteroatoms. The van der Waals surface area contributed by atoms with Crippen LogP contribution in [0.3, 0.4) is 0 Å². The number of carbonyl (C=O) groups is 1. The molecule has 0 amide bonds. The highest BCUT2D eigenvalue weighted by atomic mass is 16.4. The molecule has 2 N–H and O–H groups in total. The summed E-state index contributed by atoms with van der Waals surface area (Å²) in [5.41, 5.74) is 0. The molecular weight excluding hydrogens is 162 g/mol. The van der Waals surface area contributed by atoms with Gasteiger partial charge in [0.15, 0.2) is 0 Å². The van der Waals surface area contributed by atoms with Gasteiger partial charge in [0.1, 0.15) is 6.10 Å². The SMILES string of the molecule is C[N+](C)(C)C([O-])C(O)CC(=O)O. The van der Waals surface area contributed by atoms with Crippen LogP contribution in [0.1, 0.15) is 6.42 Å². The third kappa shape index (κ3) is 3.66. The summed E-state index contributed by atoms with van der Waals surface area (Å²) in [6.07, 6.45) is -3.15. The summed E-state index contributed by atoms with van der Waals surface area (Å²) in [5.74, 6) is -1.16. The third-order valence-corrected chi connectivity index (χ3v) is 1.48. The zero-order valence-electron chi connectivity index (χ0n) is 7.52. The molecule has 72 valence electrons. The number of aliphatic hydroxyl groups is 1. The van der Waals surface area contributed by atoms with Crippen molar-refractivity contribution in [2.24, 2.45) is 0 Å². The maximum absolute atomic E-state index is 11.2. The summed E-state index contributed by atoms with van der Waals surface area (Å²) < 4.78 is 0.00838. The summed E-state index contributed by atoms with van der Waals surface area (Å²) in [6.45, 7) is 0. The van der Waals surface area contributed by atoms with E-state index in [0.717, 1.165) is 0 Å². The Bertz CT molecular complexity index is 163. The highest BCUT2D eigenvalue weighted by molar-refractivity contribution is 5.67. The van der Waals surface area contributed by atoms with E-state index in [-0.39, 0.29) is 4.48 Å². The summed E-state index contributed by atoms with van der Waals surface area (Å²) in [5, 5.41) is 28.6. The van der Waals surface area contributed by atoms with Crippen LogP contribution in [0.5, 0.6) is 0 Å². The lowest BCUT2D eigenvalue weighted by atomic mass is 10.2. The molecule has 0 radical (unpaired) electrons. The molecule has 0 bridgehead atoms. The van der Waals surface area contributed by atoms with Gasteiger partial charge in [0.05, 0.1) is 27.6 Å². The molecule has 12 heavy (non-hydrogen) atoms. The van der Waals surface area contributed by atoms with Crippen molar-refractivity contribution in [2.45, 2.75) is 18.8 Å². The second-order valence-electron chi connectivity index (χ2n) is 3.67. The molecule has 0 rings (SSSR count). The van der Waals surface area contributed by atoms with Gasteiger partial charge in [-0.25, -0.2) is 0 Å². The van der Waals surface area contributed by atoms with Gasteiger partial charge in [0.25, 0.3) is 0 Å². The molecule has 0 saturated carbocycles. The van der Waals surface area contributed by atoms with Crippen LogP contribution in [0.2, 0.25) is 0 Å². The van der Waals surface area contributed by atoms with Gasteiger partial charge in [-0.15, -0.1) is 0 Å². The molecule has 0 aromatic heterocycles. The van der Waals surface area contributed by atoms with E-state index in [0.29, 0.717) is 0 Å². The topological polar surface area (TPSA) is 80.6 Å². The fraction of sp³-hybridized carbons (Fsp3) is 0.857. The van der Waals surface area contributed by atoms with Crippen LogP contribution in [-0.4, -0.2) is 54.1 Å². The van der Waals surface area contributed by atoms with Gasteiger partial charge in [-0.2, -0.15) is 0 Å². The van der Waals surface area contributed by atoms with Crippen LogP contribution in [0.4, 0.5) is 0 Å². The number of hydrogen-bond acceptors (Lipinski definition) is 3. The van der Waals surface area contributed by atoms with E-state index in [2.05, 4.69) is 0 Å². The van der Waals surface area contributed by atoms with Crippen LogP contribution in [0, 0.1) is 0 Å². The molecule has 2 atom stereocenters. The van der Waals surface area contributed by atoms with Crippen LogP contribution < -0.4 is 5.11 Å². The number of hydrogen-bond donors (Lipinski definition) is 2. The second kappa shape index (κ2) is 3.84. The van der Waals surface area contributed by atoms with Crippen LogP contribution in [0.25, 0.3) is 0 Å². The molecule has 0 aliphatic rings. The fourth-order valence-corrected chi connectivity index (χ4v) is 0.796. The maximum Gasteiger partial charge on any atom is 0.306 e. The van der Waals surface area contributed by atoms with Crippen molar-refractivity contribution in [2.75, 3.05) is 21.1 Å². The first-order chi connectivity index (χ1) is 5.25. The first kappa shape index (κ1) is 11.4. The van der Waals surface area contributed by atoms with Crippen LogP contribution in [-0.2, 0) is 4.79 Å².